The summed E-state index contributed by atoms with van der Waals surface area (Å²) in [4.78, 5) is 0.732. The molecule has 0 heterocycles. The second-order valence-electron chi connectivity index (χ2n) is 3.98. The molecule has 1 nitrogen and oxygen atoms in total. The molecule has 0 spiro atoms. The number of benzene rings is 2. The van der Waals surface area contributed by atoms with Gasteiger partial charge >= 0.3 is 0 Å². The Bertz CT molecular complexity index is 549. The average Bonchev–Trinajstić information content (AvgIpc) is 2.39. The van der Waals surface area contributed by atoms with Crippen molar-refractivity contribution in [3.8, 4) is 0 Å². The van der Waals surface area contributed by atoms with E-state index in [9.17, 15) is 4.21 Å². The Morgan fingerprint density at radius 2 is 1.56 bits per heavy atom. The standard InChI is InChI=1S/C14H12Cl2OS/c1-10-2-8-13(9-3-10)18(17)14(16)11-4-6-12(15)7-5-11/h2-9,14H,1H3. The van der Waals surface area contributed by atoms with Gasteiger partial charge in [0.25, 0.3) is 0 Å². The lowest BCUT2D eigenvalue weighted by atomic mass is 10.2. The third-order valence-corrected chi connectivity index (χ3v) is 4.95. The average molecular weight is 299 g/mol. The van der Waals surface area contributed by atoms with Crippen molar-refractivity contribution in [2.75, 3.05) is 0 Å². The van der Waals surface area contributed by atoms with Gasteiger partial charge in [-0.1, -0.05) is 41.4 Å². The van der Waals surface area contributed by atoms with E-state index in [1.807, 2.05) is 31.2 Å². The second-order valence-corrected chi connectivity index (χ2v) is 6.65. The molecule has 0 saturated carbocycles. The maximum atomic E-state index is 12.3. The quantitative estimate of drug-likeness (QED) is 0.751. The van der Waals surface area contributed by atoms with Crippen molar-refractivity contribution in [1.82, 2.24) is 0 Å². The van der Waals surface area contributed by atoms with Crippen LogP contribution in [0.25, 0.3) is 0 Å². The van der Waals surface area contributed by atoms with Crippen molar-refractivity contribution in [3.05, 3.63) is 64.7 Å². The van der Waals surface area contributed by atoms with Crippen molar-refractivity contribution >= 4 is 34.0 Å². The molecule has 4 heteroatoms. The van der Waals surface area contributed by atoms with E-state index in [1.54, 1.807) is 24.3 Å². The second kappa shape index (κ2) is 5.87. The highest BCUT2D eigenvalue weighted by Gasteiger charge is 2.17. The van der Waals surface area contributed by atoms with Gasteiger partial charge in [-0.3, -0.25) is 4.21 Å². The number of halogens is 2. The fraction of sp³-hybridized carbons (Fsp3) is 0.143. The summed E-state index contributed by atoms with van der Waals surface area (Å²) in [6.45, 7) is 1.99. The number of alkyl halides is 1. The molecule has 2 atom stereocenters. The number of hydrogen-bond donors (Lipinski definition) is 0. The highest BCUT2D eigenvalue weighted by atomic mass is 35.5. The zero-order valence-electron chi connectivity index (χ0n) is 9.77. The van der Waals surface area contributed by atoms with Gasteiger partial charge in [0.05, 0.1) is 10.8 Å². The summed E-state index contributed by atoms with van der Waals surface area (Å²) in [6.07, 6.45) is 0. The summed E-state index contributed by atoms with van der Waals surface area (Å²) >= 11 is 12.1. The topological polar surface area (TPSA) is 17.1 Å². The lowest BCUT2D eigenvalue weighted by Crippen LogP contribution is -2.00. The molecule has 0 fully saturated rings. The van der Waals surface area contributed by atoms with Gasteiger partial charge in [0, 0.05) is 9.92 Å². The van der Waals surface area contributed by atoms with Crippen molar-refractivity contribution in [3.63, 3.8) is 0 Å². The van der Waals surface area contributed by atoms with Gasteiger partial charge in [0.15, 0.2) is 0 Å². The zero-order valence-corrected chi connectivity index (χ0v) is 12.1. The molecular formula is C14H12Cl2OS. The third-order valence-electron chi connectivity index (χ3n) is 2.57. The van der Waals surface area contributed by atoms with Crippen LogP contribution in [0.15, 0.2) is 53.4 Å². The molecule has 0 aliphatic carbocycles. The van der Waals surface area contributed by atoms with Crippen LogP contribution in [0.5, 0.6) is 0 Å². The van der Waals surface area contributed by atoms with Gasteiger partial charge in [-0.2, -0.15) is 0 Å². The third kappa shape index (κ3) is 3.14. The van der Waals surface area contributed by atoms with Crippen LogP contribution in [-0.2, 0) is 10.8 Å². The van der Waals surface area contributed by atoms with Crippen LogP contribution in [0.4, 0.5) is 0 Å². The Hall–Kier alpha value is -0.830. The van der Waals surface area contributed by atoms with Crippen molar-refractivity contribution < 1.29 is 4.21 Å². The molecule has 0 radical (unpaired) electrons. The van der Waals surface area contributed by atoms with Crippen LogP contribution < -0.4 is 0 Å². The molecule has 0 aromatic heterocycles. The highest BCUT2D eigenvalue weighted by Crippen LogP contribution is 2.29. The van der Waals surface area contributed by atoms with Gasteiger partial charge in [-0.25, -0.2) is 0 Å². The van der Waals surface area contributed by atoms with E-state index in [1.165, 1.54) is 0 Å². The molecular weight excluding hydrogens is 287 g/mol. The molecule has 0 bridgehead atoms. The maximum absolute atomic E-state index is 12.3. The molecule has 0 aliphatic heterocycles. The van der Waals surface area contributed by atoms with Gasteiger partial charge < -0.3 is 0 Å². The first kappa shape index (κ1) is 13.6. The monoisotopic (exact) mass is 298 g/mol. The number of hydrogen-bond acceptors (Lipinski definition) is 1. The molecule has 0 amide bonds. The van der Waals surface area contributed by atoms with E-state index in [0.717, 1.165) is 16.0 Å². The van der Waals surface area contributed by atoms with E-state index in [0.29, 0.717) is 5.02 Å². The first-order valence-corrected chi connectivity index (χ1v) is 7.47. The molecule has 2 rings (SSSR count). The molecule has 2 unspecified atom stereocenters. The van der Waals surface area contributed by atoms with Crippen LogP contribution in [0.2, 0.25) is 5.02 Å². The first-order chi connectivity index (χ1) is 8.58. The maximum Gasteiger partial charge on any atom is 0.138 e. The zero-order chi connectivity index (χ0) is 13.1. The van der Waals surface area contributed by atoms with E-state index >= 15 is 0 Å². The van der Waals surface area contributed by atoms with Crippen LogP contribution in [0.3, 0.4) is 0 Å². The Labute approximate surface area is 119 Å². The van der Waals surface area contributed by atoms with Crippen molar-refractivity contribution in [2.45, 2.75) is 16.5 Å². The minimum Gasteiger partial charge on any atom is -0.252 e. The predicted octanol–water partition coefficient (Wildman–Crippen LogP) is 4.69. The first-order valence-electron chi connectivity index (χ1n) is 5.45. The largest absolute Gasteiger partial charge is 0.252 e. The summed E-state index contributed by atoms with van der Waals surface area (Å²) in [5, 5.41) is 0.642. The summed E-state index contributed by atoms with van der Waals surface area (Å²) < 4.78 is 11.7. The van der Waals surface area contributed by atoms with Crippen LogP contribution in [-0.4, -0.2) is 4.21 Å². The van der Waals surface area contributed by atoms with Crippen molar-refractivity contribution in [1.29, 1.82) is 0 Å². The lowest BCUT2D eigenvalue weighted by Gasteiger charge is -2.10. The van der Waals surface area contributed by atoms with Crippen LogP contribution >= 0.6 is 23.2 Å². The van der Waals surface area contributed by atoms with E-state index in [4.69, 9.17) is 23.2 Å². The lowest BCUT2D eigenvalue weighted by molar-refractivity contribution is 0.681. The molecule has 0 N–H and O–H groups in total. The summed E-state index contributed by atoms with van der Waals surface area (Å²) in [6, 6.07) is 14.6. The van der Waals surface area contributed by atoms with Crippen LogP contribution in [0.1, 0.15) is 15.8 Å². The number of aryl methyl sites for hydroxylation is 1. The Kier molecular flexibility index (Phi) is 4.44. The summed E-state index contributed by atoms with van der Waals surface area (Å²) in [5.41, 5.74) is 1.94. The summed E-state index contributed by atoms with van der Waals surface area (Å²) in [5.74, 6) is 0. The van der Waals surface area contributed by atoms with Crippen LogP contribution in [0, 0.1) is 6.92 Å². The minimum atomic E-state index is -1.27. The predicted molar refractivity (Wildman–Crippen MR) is 77.6 cm³/mol. The fourth-order valence-corrected chi connectivity index (χ4v) is 3.16. The minimum absolute atomic E-state index is 0.565. The molecule has 0 saturated heterocycles. The van der Waals surface area contributed by atoms with E-state index in [-0.39, 0.29) is 0 Å². The smallest absolute Gasteiger partial charge is 0.138 e. The summed E-state index contributed by atoms with van der Waals surface area (Å²) in [7, 11) is -1.27. The molecule has 0 aliphatic rings. The van der Waals surface area contributed by atoms with Gasteiger partial charge in [0.2, 0.25) is 0 Å². The molecule has 18 heavy (non-hydrogen) atoms. The van der Waals surface area contributed by atoms with E-state index < -0.39 is 15.5 Å². The normalized spacial score (nSPS) is 14.2. The van der Waals surface area contributed by atoms with Gasteiger partial charge in [0.1, 0.15) is 4.71 Å². The van der Waals surface area contributed by atoms with Gasteiger partial charge in [-0.15, -0.1) is 11.6 Å². The Morgan fingerprint density at radius 3 is 2.11 bits per heavy atom. The Balaban J connectivity index is 2.23. The SMILES string of the molecule is Cc1ccc(S(=O)C(Cl)c2ccc(Cl)cc2)cc1. The van der Waals surface area contributed by atoms with Gasteiger partial charge in [-0.05, 0) is 36.8 Å². The fourth-order valence-electron chi connectivity index (χ4n) is 1.53. The van der Waals surface area contributed by atoms with E-state index in [2.05, 4.69) is 0 Å². The molecule has 2 aromatic rings. The molecule has 2 aromatic carbocycles. The highest BCUT2D eigenvalue weighted by molar-refractivity contribution is 7.86. The number of rotatable bonds is 3. The van der Waals surface area contributed by atoms with Crippen molar-refractivity contribution in [2.24, 2.45) is 0 Å². The Morgan fingerprint density at radius 1 is 1.00 bits per heavy atom. The molecule has 94 valence electrons.